The third-order valence-electron chi connectivity index (χ3n) is 2.86. The van der Waals surface area contributed by atoms with Gasteiger partial charge in [-0.2, -0.15) is 11.8 Å². The van der Waals surface area contributed by atoms with Crippen molar-refractivity contribution in [2.75, 3.05) is 0 Å². The van der Waals surface area contributed by atoms with Crippen molar-refractivity contribution in [1.29, 1.82) is 0 Å². The van der Waals surface area contributed by atoms with E-state index in [0.29, 0.717) is 22.1 Å². The van der Waals surface area contributed by atoms with E-state index >= 15 is 0 Å². The Kier molecular flexibility index (Phi) is 5.49. The highest BCUT2D eigenvalue weighted by atomic mass is 35.5. The smallest absolute Gasteiger partial charge is 0.423 e. The van der Waals surface area contributed by atoms with Crippen LogP contribution in [0.25, 0.3) is 0 Å². The molecule has 104 valence electrons. The van der Waals surface area contributed by atoms with E-state index in [-0.39, 0.29) is 5.46 Å². The molecular weight excluding hydrogens is 297 g/mol. The molecular formula is C14H13BClFO2S. The molecule has 0 bridgehead atoms. The second-order valence-corrected chi connectivity index (χ2v) is 5.69. The lowest BCUT2D eigenvalue weighted by atomic mass is 9.77. The normalized spacial score (nSPS) is 10.6. The van der Waals surface area contributed by atoms with Gasteiger partial charge >= 0.3 is 7.12 Å². The fraction of sp³-hybridized carbons (Fsp3) is 0.143. The maximum Gasteiger partial charge on any atom is 0.488 e. The van der Waals surface area contributed by atoms with Crippen LogP contribution in [-0.2, 0) is 11.5 Å². The van der Waals surface area contributed by atoms with Crippen LogP contribution in [0.3, 0.4) is 0 Å². The fourth-order valence-electron chi connectivity index (χ4n) is 1.82. The molecule has 2 rings (SSSR count). The Labute approximate surface area is 126 Å². The molecule has 0 radical (unpaired) electrons. The third-order valence-corrected chi connectivity index (χ3v) is 4.26. The van der Waals surface area contributed by atoms with Crippen molar-refractivity contribution in [2.45, 2.75) is 11.5 Å². The van der Waals surface area contributed by atoms with E-state index in [2.05, 4.69) is 0 Å². The van der Waals surface area contributed by atoms with Gasteiger partial charge in [-0.3, -0.25) is 0 Å². The summed E-state index contributed by atoms with van der Waals surface area (Å²) in [6.07, 6.45) is 0. The van der Waals surface area contributed by atoms with Crippen LogP contribution >= 0.6 is 23.4 Å². The van der Waals surface area contributed by atoms with Gasteiger partial charge in [0.1, 0.15) is 5.82 Å². The summed E-state index contributed by atoms with van der Waals surface area (Å²) in [5.41, 5.74) is 1.93. The molecule has 0 aliphatic rings. The van der Waals surface area contributed by atoms with Crippen LogP contribution < -0.4 is 5.46 Å². The van der Waals surface area contributed by atoms with E-state index in [1.54, 1.807) is 17.8 Å². The Balaban J connectivity index is 2.03. The topological polar surface area (TPSA) is 40.5 Å². The monoisotopic (exact) mass is 310 g/mol. The highest BCUT2D eigenvalue weighted by Crippen LogP contribution is 2.23. The zero-order valence-electron chi connectivity index (χ0n) is 10.6. The van der Waals surface area contributed by atoms with Crippen molar-refractivity contribution >= 4 is 35.9 Å². The van der Waals surface area contributed by atoms with Crippen LogP contribution in [0, 0.1) is 5.82 Å². The van der Waals surface area contributed by atoms with Crippen LogP contribution in [0.5, 0.6) is 0 Å². The average molecular weight is 311 g/mol. The van der Waals surface area contributed by atoms with Crippen molar-refractivity contribution in [3.05, 3.63) is 64.4 Å². The van der Waals surface area contributed by atoms with Crippen LogP contribution in [-0.4, -0.2) is 17.2 Å². The minimum absolute atomic E-state index is 0.205. The lowest BCUT2D eigenvalue weighted by Crippen LogP contribution is -2.33. The van der Waals surface area contributed by atoms with Gasteiger partial charge in [0.25, 0.3) is 0 Å². The van der Waals surface area contributed by atoms with E-state index < -0.39 is 12.9 Å². The van der Waals surface area contributed by atoms with Crippen LogP contribution in [0.15, 0.2) is 42.5 Å². The van der Waals surface area contributed by atoms with Crippen LogP contribution in [0.2, 0.25) is 5.02 Å². The van der Waals surface area contributed by atoms with Crippen molar-refractivity contribution in [3.63, 3.8) is 0 Å². The summed E-state index contributed by atoms with van der Waals surface area (Å²) in [7, 11) is -1.67. The maximum absolute atomic E-state index is 13.1. The Bertz CT molecular complexity index is 595. The van der Waals surface area contributed by atoms with Crippen molar-refractivity contribution in [3.8, 4) is 0 Å². The van der Waals surface area contributed by atoms with Gasteiger partial charge < -0.3 is 10.0 Å². The highest BCUT2D eigenvalue weighted by Gasteiger charge is 2.16. The van der Waals surface area contributed by atoms with E-state index in [1.807, 2.05) is 24.3 Å². The summed E-state index contributed by atoms with van der Waals surface area (Å²) in [5.74, 6) is 0.782. The number of thioether (sulfide) groups is 1. The molecule has 0 aliphatic heterocycles. The molecule has 2 aromatic rings. The quantitative estimate of drug-likeness (QED) is 0.834. The van der Waals surface area contributed by atoms with Gasteiger partial charge in [-0.05, 0) is 34.8 Å². The van der Waals surface area contributed by atoms with E-state index in [0.717, 1.165) is 11.6 Å². The molecule has 0 heterocycles. The first kappa shape index (κ1) is 15.4. The zero-order chi connectivity index (χ0) is 14.5. The first-order valence-corrected chi connectivity index (χ1v) is 7.57. The number of halogens is 2. The lowest BCUT2D eigenvalue weighted by molar-refractivity contribution is 0.425. The molecule has 0 fully saturated rings. The number of hydrogen-bond acceptors (Lipinski definition) is 3. The van der Waals surface area contributed by atoms with Crippen molar-refractivity contribution in [2.24, 2.45) is 0 Å². The Hall–Kier alpha value is -1.01. The molecule has 6 heteroatoms. The zero-order valence-corrected chi connectivity index (χ0v) is 12.2. The molecule has 0 saturated carbocycles. The average Bonchev–Trinajstić information content (AvgIpc) is 2.42. The summed E-state index contributed by atoms with van der Waals surface area (Å²) < 4.78 is 13.1. The minimum atomic E-state index is -1.67. The first-order valence-electron chi connectivity index (χ1n) is 6.03. The van der Waals surface area contributed by atoms with E-state index in [1.165, 1.54) is 6.07 Å². The maximum atomic E-state index is 13.1. The summed E-state index contributed by atoms with van der Waals surface area (Å²) in [4.78, 5) is 0. The fourth-order valence-corrected chi connectivity index (χ4v) is 3.16. The Morgan fingerprint density at radius 2 is 1.75 bits per heavy atom. The Morgan fingerprint density at radius 3 is 2.45 bits per heavy atom. The lowest BCUT2D eigenvalue weighted by Gasteiger charge is -2.09. The van der Waals surface area contributed by atoms with Gasteiger partial charge in [0, 0.05) is 16.5 Å². The molecule has 2 aromatic carbocycles. The molecule has 0 aliphatic carbocycles. The van der Waals surface area contributed by atoms with Gasteiger partial charge in [-0.25, -0.2) is 4.39 Å². The van der Waals surface area contributed by atoms with Crippen LogP contribution in [0.4, 0.5) is 4.39 Å². The van der Waals surface area contributed by atoms with Gasteiger partial charge in [0.15, 0.2) is 0 Å². The number of rotatable bonds is 5. The molecule has 0 spiro atoms. The van der Waals surface area contributed by atoms with E-state index in [9.17, 15) is 14.4 Å². The van der Waals surface area contributed by atoms with Gasteiger partial charge in [-0.1, -0.05) is 35.9 Å². The molecule has 0 saturated heterocycles. The van der Waals surface area contributed by atoms with Gasteiger partial charge in [-0.15, -0.1) is 0 Å². The summed E-state index contributed by atoms with van der Waals surface area (Å²) in [6.45, 7) is 0. The second-order valence-electron chi connectivity index (χ2n) is 4.30. The number of hydrogen-bond donors (Lipinski definition) is 2. The van der Waals surface area contributed by atoms with Crippen molar-refractivity contribution < 1.29 is 14.4 Å². The third kappa shape index (κ3) is 3.99. The largest absolute Gasteiger partial charge is 0.488 e. The highest BCUT2D eigenvalue weighted by molar-refractivity contribution is 7.97. The molecule has 0 amide bonds. The number of benzene rings is 2. The van der Waals surface area contributed by atoms with Crippen molar-refractivity contribution in [1.82, 2.24) is 0 Å². The Morgan fingerprint density at radius 1 is 1.05 bits per heavy atom. The van der Waals surface area contributed by atoms with Crippen LogP contribution in [0.1, 0.15) is 11.1 Å². The minimum Gasteiger partial charge on any atom is -0.423 e. The molecule has 0 atom stereocenters. The summed E-state index contributed by atoms with van der Waals surface area (Å²) in [5, 5.41) is 19.2. The molecule has 2 nitrogen and oxygen atoms in total. The standard InChI is InChI=1S/C14H13BClFO2S/c16-14-4-2-1-3-11(14)9-20-8-10-5-6-12(17)7-13(10)15(18)19/h1-7,18-19H,8-9H2. The summed E-state index contributed by atoms with van der Waals surface area (Å²) in [6, 6.07) is 11.6. The molecule has 0 aromatic heterocycles. The van der Waals surface area contributed by atoms with Gasteiger partial charge in [0.2, 0.25) is 0 Å². The molecule has 0 unspecified atom stereocenters. The molecule has 20 heavy (non-hydrogen) atoms. The second kappa shape index (κ2) is 7.13. The summed E-state index contributed by atoms with van der Waals surface area (Å²) >= 11 is 7.65. The molecule has 2 N–H and O–H groups in total. The predicted octanol–water partition coefficient (Wildman–Crippen LogP) is 2.59. The first-order chi connectivity index (χ1) is 9.58. The SMILES string of the molecule is OB(O)c1cc(F)ccc1CSCc1ccccc1Cl. The predicted molar refractivity (Wildman–Crippen MR) is 82.7 cm³/mol. The van der Waals surface area contributed by atoms with Gasteiger partial charge in [0.05, 0.1) is 0 Å². The van der Waals surface area contributed by atoms with E-state index in [4.69, 9.17) is 11.6 Å².